The van der Waals surface area contributed by atoms with Gasteiger partial charge >= 0.3 is 0 Å². The number of carbonyl (C=O) groups is 3. The highest BCUT2D eigenvalue weighted by atomic mass is 32.2. The molecule has 2 aromatic carbocycles. The quantitative estimate of drug-likeness (QED) is 0.468. The average molecular weight is 523 g/mol. The Bertz CT molecular complexity index is 1160. The van der Waals surface area contributed by atoms with Gasteiger partial charge in [0.2, 0.25) is 17.7 Å². The summed E-state index contributed by atoms with van der Waals surface area (Å²) < 4.78 is -0.680. The van der Waals surface area contributed by atoms with Crippen LogP contribution in [0.5, 0.6) is 0 Å². The van der Waals surface area contributed by atoms with Gasteiger partial charge in [0.1, 0.15) is 6.04 Å². The van der Waals surface area contributed by atoms with E-state index in [9.17, 15) is 19.5 Å². The Morgan fingerprint density at radius 2 is 1.68 bits per heavy atom. The van der Waals surface area contributed by atoms with Crippen LogP contribution in [0.4, 0.5) is 17.1 Å². The summed E-state index contributed by atoms with van der Waals surface area (Å²) in [5.74, 6) is -1.77. The first-order valence-corrected chi connectivity index (χ1v) is 13.9. The molecule has 0 aromatic heterocycles. The predicted molar refractivity (Wildman–Crippen MR) is 147 cm³/mol. The average Bonchev–Trinajstić information content (AvgIpc) is 3.54. The molecule has 3 N–H and O–H groups in total. The minimum absolute atomic E-state index is 0.0161. The predicted octanol–water partition coefficient (Wildman–Crippen LogP) is 3.19. The summed E-state index contributed by atoms with van der Waals surface area (Å²) in [5.41, 5.74) is 2.43. The molecule has 5 rings (SSSR count). The van der Waals surface area contributed by atoms with E-state index in [1.165, 1.54) is 4.90 Å². The number of β-amino-alcohol motifs (C(OH)–C–C–N with tert-alkyl or cyclic N) is 1. The van der Waals surface area contributed by atoms with Crippen LogP contribution in [-0.4, -0.2) is 70.0 Å². The van der Waals surface area contributed by atoms with Gasteiger partial charge in [-0.05, 0) is 63.1 Å². The number of para-hydroxylation sites is 1. The number of aliphatic hydroxyl groups excluding tert-OH is 1. The van der Waals surface area contributed by atoms with Crippen LogP contribution in [0, 0.1) is 11.8 Å². The maximum absolute atomic E-state index is 13.8. The second kappa shape index (κ2) is 10.4. The van der Waals surface area contributed by atoms with Crippen LogP contribution in [0.1, 0.15) is 26.7 Å². The molecule has 3 heterocycles. The SMILES string of the molecule is CCN(CC)c1ccc(NC(=O)C2N(CCO)C(=O)[C@@H]3[C@H](C(=O)Nc4ccccc4)[C@@H]4CCC23S4)cc1. The summed E-state index contributed by atoms with van der Waals surface area (Å²) in [7, 11) is 0. The number of nitrogens with one attached hydrogen (secondary N) is 2. The molecule has 3 amide bonds. The third-order valence-corrected chi connectivity index (χ3v) is 9.95. The maximum Gasteiger partial charge on any atom is 0.248 e. The van der Waals surface area contributed by atoms with Crippen molar-refractivity contribution in [1.82, 2.24) is 4.90 Å². The molecule has 8 nitrogen and oxygen atoms in total. The van der Waals surface area contributed by atoms with Crippen molar-refractivity contribution < 1.29 is 19.5 Å². The third kappa shape index (κ3) is 4.38. The lowest BCUT2D eigenvalue weighted by Crippen LogP contribution is -2.52. The van der Waals surface area contributed by atoms with Crippen LogP contribution in [0.25, 0.3) is 0 Å². The van der Waals surface area contributed by atoms with Gasteiger partial charge in [-0.2, -0.15) is 0 Å². The number of hydrogen-bond donors (Lipinski definition) is 3. The third-order valence-electron chi connectivity index (χ3n) is 8.00. The van der Waals surface area contributed by atoms with E-state index in [1.54, 1.807) is 11.8 Å². The minimum atomic E-state index is -0.746. The number of benzene rings is 2. The first-order valence-electron chi connectivity index (χ1n) is 13.0. The number of fused-ring (bicyclic) bond motifs is 1. The molecule has 3 aliphatic heterocycles. The zero-order chi connectivity index (χ0) is 26.2. The van der Waals surface area contributed by atoms with E-state index >= 15 is 0 Å². The first kappa shape index (κ1) is 25.6. The van der Waals surface area contributed by atoms with Gasteiger partial charge in [0.25, 0.3) is 0 Å². The summed E-state index contributed by atoms with van der Waals surface area (Å²) in [6.07, 6.45) is 1.46. The Morgan fingerprint density at radius 3 is 2.32 bits per heavy atom. The molecule has 5 atom stereocenters. The van der Waals surface area contributed by atoms with Gasteiger partial charge in [-0.1, -0.05) is 18.2 Å². The van der Waals surface area contributed by atoms with Crippen molar-refractivity contribution in [3.63, 3.8) is 0 Å². The van der Waals surface area contributed by atoms with Crippen molar-refractivity contribution in [3.05, 3.63) is 54.6 Å². The molecular formula is C28H34N4O4S. The fourth-order valence-electron chi connectivity index (χ4n) is 6.40. The number of amides is 3. The molecule has 9 heteroatoms. The second-order valence-corrected chi connectivity index (χ2v) is 11.5. The summed E-state index contributed by atoms with van der Waals surface area (Å²) in [6.45, 7) is 5.81. The molecule has 0 radical (unpaired) electrons. The molecule has 2 aromatic rings. The number of aliphatic hydroxyl groups is 1. The van der Waals surface area contributed by atoms with Gasteiger partial charge in [0.05, 0.1) is 23.2 Å². The van der Waals surface area contributed by atoms with Crippen LogP contribution < -0.4 is 15.5 Å². The van der Waals surface area contributed by atoms with Gasteiger partial charge in [0.15, 0.2) is 0 Å². The fourth-order valence-corrected chi connectivity index (χ4v) is 8.62. The minimum Gasteiger partial charge on any atom is -0.395 e. The zero-order valence-electron chi connectivity index (χ0n) is 21.2. The molecule has 3 aliphatic rings. The molecule has 0 aliphatic carbocycles. The van der Waals surface area contributed by atoms with E-state index in [0.717, 1.165) is 25.2 Å². The summed E-state index contributed by atoms with van der Waals surface area (Å²) >= 11 is 1.62. The highest BCUT2D eigenvalue weighted by Crippen LogP contribution is 2.66. The first-order chi connectivity index (χ1) is 17.9. The normalized spacial score (nSPS) is 27.8. The Morgan fingerprint density at radius 1 is 1.03 bits per heavy atom. The number of hydrogen-bond acceptors (Lipinski definition) is 6. The summed E-state index contributed by atoms with van der Waals surface area (Å²) in [5, 5.41) is 15.7. The van der Waals surface area contributed by atoms with E-state index in [4.69, 9.17) is 0 Å². The number of thioether (sulfide) groups is 1. The van der Waals surface area contributed by atoms with Gasteiger partial charge in [-0.3, -0.25) is 14.4 Å². The second-order valence-electron chi connectivity index (χ2n) is 9.87. The molecule has 3 fully saturated rings. The van der Waals surface area contributed by atoms with Gasteiger partial charge in [-0.15, -0.1) is 11.8 Å². The number of likely N-dealkylation sites (tertiary alicyclic amines) is 1. The van der Waals surface area contributed by atoms with Crippen molar-refractivity contribution in [2.45, 2.75) is 42.7 Å². The largest absolute Gasteiger partial charge is 0.395 e. The van der Waals surface area contributed by atoms with Gasteiger partial charge < -0.3 is 25.5 Å². The van der Waals surface area contributed by atoms with Gasteiger partial charge in [0, 0.05) is 41.9 Å². The lowest BCUT2D eigenvalue weighted by Gasteiger charge is -2.34. The highest BCUT2D eigenvalue weighted by Gasteiger charge is 2.73. The van der Waals surface area contributed by atoms with Crippen LogP contribution in [-0.2, 0) is 14.4 Å². The van der Waals surface area contributed by atoms with Crippen LogP contribution >= 0.6 is 11.8 Å². The van der Waals surface area contributed by atoms with E-state index in [1.807, 2.05) is 54.6 Å². The number of nitrogens with zero attached hydrogens (tertiary/aromatic N) is 2. The molecule has 1 spiro atoms. The smallest absolute Gasteiger partial charge is 0.248 e. The van der Waals surface area contributed by atoms with Crippen LogP contribution in [0.2, 0.25) is 0 Å². The van der Waals surface area contributed by atoms with Crippen LogP contribution in [0.3, 0.4) is 0 Å². The fraction of sp³-hybridized carbons (Fsp3) is 0.464. The molecule has 0 saturated carbocycles. The van der Waals surface area contributed by atoms with Gasteiger partial charge in [-0.25, -0.2) is 0 Å². The van der Waals surface area contributed by atoms with Crippen molar-refractivity contribution in [2.75, 3.05) is 41.8 Å². The maximum atomic E-state index is 13.8. The highest BCUT2D eigenvalue weighted by molar-refractivity contribution is 8.02. The Labute approximate surface area is 221 Å². The van der Waals surface area contributed by atoms with Crippen molar-refractivity contribution in [1.29, 1.82) is 0 Å². The number of carbonyl (C=O) groups excluding carboxylic acids is 3. The molecule has 2 bridgehead atoms. The Balaban J connectivity index is 1.40. The molecular weight excluding hydrogens is 488 g/mol. The number of anilines is 3. The van der Waals surface area contributed by atoms with Crippen molar-refractivity contribution in [3.8, 4) is 0 Å². The standard InChI is InChI=1S/C28H34N4O4S/c1-3-31(4-2)20-12-10-19(11-13-20)30-26(35)24-28-15-14-21(37-28)22(23(28)27(36)32(24)16-17-33)25(34)29-18-8-6-5-7-9-18/h5-13,21-24,33H,3-4,14-17H2,1-2H3,(H,29,34)(H,30,35)/t21-,22+,23-,24?,28?/m0/s1. The van der Waals surface area contributed by atoms with Crippen LogP contribution in [0.15, 0.2) is 54.6 Å². The topological polar surface area (TPSA) is 102 Å². The van der Waals surface area contributed by atoms with Crippen molar-refractivity contribution in [2.24, 2.45) is 11.8 Å². The van der Waals surface area contributed by atoms with E-state index in [-0.39, 0.29) is 36.1 Å². The lowest BCUT2D eigenvalue weighted by atomic mass is 9.70. The molecule has 37 heavy (non-hydrogen) atoms. The summed E-state index contributed by atoms with van der Waals surface area (Å²) in [4.78, 5) is 44.6. The monoisotopic (exact) mass is 522 g/mol. The molecule has 2 unspecified atom stereocenters. The molecule has 196 valence electrons. The Hall–Kier alpha value is -3.04. The van der Waals surface area contributed by atoms with Crippen molar-refractivity contribution >= 4 is 46.5 Å². The van der Waals surface area contributed by atoms with E-state index < -0.39 is 22.6 Å². The van der Waals surface area contributed by atoms with E-state index in [2.05, 4.69) is 29.4 Å². The lowest BCUT2D eigenvalue weighted by molar-refractivity contribution is -0.138. The Kier molecular flexibility index (Phi) is 7.18. The summed E-state index contributed by atoms with van der Waals surface area (Å²) in [6, 6.07) is 16.2. The van der Waals surface area contributed by atoms with E-state index in [0.29, 0.717) is 17.8 Å². The number of rotatable bonds is 9. The zero-order valence-corrected chi connectivity index (χ0v) is 22.0. The molecule has 3 saturated heterocycles.